The summed E-state index contributed by atoms with van der Waals surface area (Å²) in [6, 6.07) is 16.4. The minimum atomic E-state index is 0.0764. The summed E-state index contributed by atoms with van der Waals surface area (Å²) < 4.78 is 12.8. The van der Waals surface area contributed by atoms with Crippen molar-refractivity contribution in [3.8, 4) is 11.5 Å². The molecule has 6 heteroatoms. The Bertz CT molecular complexity index is 1230. The second kappa shape index (κ2) is 9.25. The van der Waals surface area contributed by atoms with Crippen LogP contribution in [0.15, 0.2) is 65.2 Å². The summed E-state index contributed by atoms with van der Waals surface area (Å²) in [5.41, 5.74) is 5.57. The second-order valence-electron chi connectivity index (χ2n) is 8.64. The van der Waals surface area contributed by atoms with Gasteiger partial charge in [0, 0.05) is 10.9 Å². The topological polar surface area (TPSA) is 30.5 Å². The lowest BCUT2D eigenvalue weighted by Gasteiger charge is -2.38. The minimum absolute atomic E-state index is 0.0764. The van der Waals surface area contributed by atoms with Crippen LogP contribution in [0.25, 0.3) is 0 Å². The van der Waals surface area contributed by atoms with Crippen molar-refractivity contribution in [2.45, 2.75) is 31.9 Å². The van der Waals surface area contributed by atoms with Gasteiger partial charge in [-0.15, -0.1) is 0 Å². The van der Waals surface area contributed by atoms with Crippen LogP contribution in [0, 0.1) is 12.8 Å². The molecule has 33 heavy (non-hydrogen) atoms. The van der Waals surface area contributed by atoms with Crippen LogP contribution in [0.2, 0.25) is 10.0 Å². The van der Waals surface area contributed by atoms with Gasteiger partial charge in [0.25, 0.3) is 0 Å². The second-order valence-corrected chi connectivity index (χ2v) is 10.3. The van der Waals surface area contributed by atoms with Gasteiger partial charge in [-0.1, -0.05) is 65.2 Å². The highest BCUT2D eigenvalue weighted by Crippen LogP contribution is 2.53. The molecule has 0 spiro atoms. The molecule has 0 unspecified atom stereocenters. The molecule has 0 fully saturated rings. The molecule has 2 aliphatic rings. The van der Waals surface area contributed by atoms with E-state index in [0.717, 1.165) is 33.3 Å². The van der Waals surface area contributed by atoms with Gasteiger partial charge in [-0.2, -0.15) is 0 Å². The van der Waals surface area contributed by atoms with Crippen LogP contribution < -0.4 is 14.8 Å². The maximum atomic E-state index is 6.59. The van der Waals surface area contributed by atoms with Crippen LogP contribution >= 0.6 is 39.1 Å². The predicted octanol–water partition coefficient (Wildman–Crippen LogP) is 8.48. The molecule has 1 aliphatic carbocycles. The summed E-state index contributed by atoms with van der Waals surface area (Å²) in [5.74, 6) is 2.03. The van der Waals surface area contributed by atoms with Gasteiger partial charge in [-0.25, -0.2) is 0 Å². The van der Waals surface area contributed by atoms with E-state index in [1.54, 1.807) is 13.2 Å². The largest absolute Gasteiger partial charge is 0.493 e. The van der Waals surface area contributed by atoms with Crippen molar-refractivity contribution in [1.82, 2.24) is 0 Å². The first-order valence-corrected chi connectivity index (χ1v) is 12.5. The lowest BCUT2D eigenvalue weighted by molar-refractivity contribution is 0.282. The van der Waals surface area contributed by atoms with E-state index in [-0.39, 0.29) is 12.0 Å². The third-order valence-corrected chi connectivity index (χ3v) is 7.61. The van der Waals surface area contributed by atoms with Gasteiger partial charge in [0.05, 0.1) is 28.3 Å². The minimum Gasteiger partial charge on any atom is -0.493 e. The monoisotopic (exact) mass is 543 g/mol. The van der Waals surface area contributed by atoms with Crippen LogP contribution in [-0.2, 0) is 6.61 Å². The highest BCUT2D eigenvalue weighted by molar-refractivity contribution is 9.10. The number of fused-ring (bicyclic) bond motifs is 3. The number of hydrogen-bond donors (Lipinski definition) is 1. The molecule has 0 amide bonds. The summed E-state index contributed by atoms with van der Waals surface area (Å²) in [6.45, 7) is 2.54. The molecule has 0 saturated heterocycles. The fourth-order valence-corrected chi connectivity index (χ4v) is 5.99. The molecule has 1 aliphatic heterocycles. The first-order chi connectivity index (χ1) is 15.9. The van der Waals surface area contributed by atoms with Gasteiger partial charge in [0.2, 0.25) is 0 Å². The van der Waals surface area contributed by atoms with Crippen molar-refractivity contribution in [3.05, 3.63) is 97.5 Å². The molecule has 3 nitrogen and oxygen atoms in total. The maximum Gasteiger partial charge on any atom is 0.175 e. The van der Waals surface area contributed by atoms with Gasteiger partial charge in [0.1, 0.15) is 6.61 Å². The number of ether oxygens (including phenoxy) is 2. The molecule has 3 aromatic rings. The third-order valence-electron chi connectivity index (χ3n) is 6.50. The Morgan fingerprint density at radius 1 is 1.09 bits per heavy atom. The summed E-state index contributed by atoms with van der Waals surface area (Å²) in [5, 5.41) is 5.00. The van der Waals surface area contributed by atoms with Crippen molar-refractivity contribution in [3.63, 3.8) is 0 Å². The lowest BCUT2D eigenvalue weighted by atomic mass is 9.77. The summed E-state index contributed by atoms with van der Waals surface area (Å²) in [6.07, 6.45) is 5.51. The van der Waals surface area contributed by atoms with Crippen LogP contribution in [0.4, 0.5) is 5.69 Å². The van der Waals surface area contributed by atoms with E-state index in [9.17, 15) is 0 Å². The van der Waals surface area contributed by atoms with Crippen LogP contribution in [0.5, 0.6) is 11.5 Å². The summed E-state index contributed by atoms with van der Waals surface area (Å²) >= 11 is 16.6. The molecule has 1 N–H and O–H groups in total. The highest BCUT2D eigenvalue weighted by atomic mass is 79.9. The van der Waals surface area contributed by atoms with E-state index >= 15 is 0 Å². The van der Waals surface area contributed by atoms with Crippen molar-refractivity contribution in [1.29, 1.82) is 0 Å². The first-order valence-electron chi connectivity index (χ1n) is 10.9. The Kier molecular flexibility index (Phi) is 6.34. The molecule has 0 bridgehead atoms. The van der Waals surface area contributed by atoms with Gasteiger partial charge >= 0.3 is 0 Å². The fraction of sp³-hybridized carbons (Fsp3) is 0.259. The highest BCUT2D eigenvalue weighted by Gasteiger charge is 2.39. The van der Waals surface area contributed by atoms with Crippen molar-refractivity contribution in [2.24, 2.45) is 5.92 Å². The third kappa shape index (κ3) is 4.37. The molecule has 0 radical (unpaired) electrons. The Labute approximate surface area is 212 Å². The number of methoxy groups -OCH3 is 1. The molecular formula is C27H24BrCl2NO2. The smallest absolute Gasteiger partial charge is 0.175 e. The molecule has 1 heterocycles. The molecule has 0 saturated carbocycles. The molecule has 5 rings (SSSR count). The first kappa shape index (κ1) is 22.6. The normalized spacial score (nSPS) is 20.7. The van der Waals surface area contributed by atoms with Gasteiger partial charge in [-0.3, -0.25) is 0 Å². The van der Waals surface area contributed by atoms with Gasteiger partial charge in [0.15, 0.2) is 11.5 Å². The molecule has 3 aromatic carbocycles. The molecule has 3 atom stereocenters. The molecule has 0 aromatic heterocycles. The van der Waals surface area contributed by atoms with E-state index in [1.807, 2.05) is 6.07 Å². The van der Waals surface area contributed by atoms with Gasteiger partial charge < -0.3 is 14.8 Å². The standard InChI is InChI=1S/C27H24BrCl2NO2/c1-15-6-8-16(9-7-15)14-33-27-22(28)10-17(11-24(27)32-2)25-20-5-3-4-19(20)21-12-18(29)13-23(30)26(21)31-25/h3-4,6-13,19-20,25,31H,5,14H2,1-2H3/t19-,20+,25+/m1/s1. The maximum absolute atomic E-state index is 6.59. The SMILES string of the molecule is COc1cc([C@@H]2Nc3c(Cl)cc(Cl)cc3[C@@H]3C=CC[C@@H]32)cc(Br)c1OCc1ccc(C)cc1. The number of aryl methyl sites for hydroxylation is 1. The van der Waals surface area contributed by atoms with Crippen LogP contribution in [0.1, 0.15) is 40.6 Å². The Hall–Kier alpha value is -2.14. The molecular weight excluding hydrogens is 521 g/mol. The zero-order valence-electron chi connectivity index (χ0n) is 18.4. The zero-order valence-corrected chi connectivity index (χ0v) is 21.5. The van der Waals surface area contributed by atoms with Crippen molar-refractivity contribution < 1.29 is 9.47 Å². The quantitative estimate of drug-likeness (QED) is 0.327. The van der Waals surface area contributed by atoms with E-state index in [1.165, 1.54) is 5.56 Å². The Balaban J connectivity index is 1.47. The van der Waals surface area contributed by atoms with E-state index < -0.39 is 0 Å². The number of hydrogen-bond acceptors (Lipinski definition) is 3. The number of anilines is 1. The number of allylic oxidation sites excluding steroid dienone is 2. The summed E-state index contributed by atoms with van der Waals surface area (Å²) in [7, 11) is 1.67. The number of halogens is 3. The lowest BCUT2D eigenvalue weighted by Crippen LogP contribution is -2.29. The number of nitrogens with one attached hydrogen (secondary N) is 1. The zero-order chi connectivity index (χ0) is 23.1. The molecule has 170 valence electrons. The average molecular weight is 545 g/mol. The van der Waals surface area contributed by atoms with Crippen LogP contribution in [0.3, 0.4) is 0 Å². The summed E-state index contributed by atoms with van der Waals surface area (Å²) in [4.78, 5) is 0. The Morgan fingerprint density at radius 3 is 2.64 bits per heavy atom. The van der Waals surface area contributed by atoms with E-state index in [2.05, 4.69) is 76.7 Å². The predicted molar refractivity (Wildman–Crippen MR) is 139 cm³/mol. The number of benzene rings is 3. The van der Waals surface area contributed by atoms with Gasteiger partial charge in [-0.05, 0) is 76.1 Å². The average Bonchev–Trinajstić information content (AvgIpc) is 3.29. The van der Waals surface area contributed by atoms with Crippen molar-refractivity contribution >= 4 is 44.8 Å². The fourth-order valence-electron chi connectivity index (χ4n) is 4.85. The van der Waals surface area contributed by atoms with Crippen LogP contribution in [-0.4, -0.2) is 7.11 Å². The number of rotatable bonds is 5. The van der Waals surface area contributed by atoms with E-state index in [0.29, 0.717) is 34.1 Å². The van der Waals surface area contributed by atoms with E-state index in [4.69, 9.17) is 32.7 Å². The Morgan fingerprint density at radius 2 is 1.88 bits per heavy atom. The van der Waals surface area contributed by atoms with Crippen molar-refractivity contribution in [2.75, 3.05) is 12.4 Å².